The summed E-state index contributed by atoms with van der Waals surface area (Å²) in [6.07, 6.45) is -0.522. The third-order valence-corrected chi connectivity index (χ3v) is 5.90. The predicted octanol–water partition coefficient (Wildman–Crippen LogP) is 6.20. The van der Waals surface area contributed by atoms with Gasteiger partial charge in [0.05, 0.1) is 5.69 Å². The van der Waals surface area contributed by atoms with E-state index < -0.39 is 11.7 Å². The van der Waals surface area contributed by atoms with E-state index in [0.717, 1.165) is 22.4 Å². The quantitative estimate of drug-likeness (QED) is 0.352. The van der Waals surface area contributed by atoms with Crippen molar-refractivity contribution in [3.8, 4) is 11.3 Å². The summed E-state index contributed by atoms with van der Waals surface area (Å²) < 4.78 is 6.72. The Bertz CT molecular complexity index is 1210. The van der Waals surface area contributed by atoms with Crippen LogP contribution in [-0.2, 0) is 11.3 Å². The highest BCUT2D eigenvalue weighted by molar-refractivity contribution is 5.72. The molecule has 0 aliphatic carbocycles. The Kier molecular flexibility index (Phi) is 7.79. The van der Waals surface area contributed by atoms with Crippen LogP contribution >= 0.6 is 0 Å². The molecule has 1 atom stereocenters. The van der Waals surface area contributed by atoms with Crippen LogP contribution in [0.4, 0.5) is 22.1 Å². The molecule has 2 aromatic heterocycles. The molecule has 0 saturated carbocycles. The van der Waals surface area contributed by atoms with Gasteiger partial charge >= 0.3 is 6.09 Å². The fraction of sp³-hybridized carbons (Fsp3) is 0.464. The van der Waals surface area contributed by atoms with E-state index in [-0.39, 0.29) is 5.41 Å². The zero-order chi connectivity index (χ0) is 26.8. The van der Waals surface area contributed by atoms with Crippen molar-refractivity contribution in [1.82, 2.24) is 20.1 Å². The Morgan fingerprint density at radius 3 is 2.33 bits per heavy atom. The average molecular weight is 493 g/mol. The molecule has 1 unspecified atom stereocenters. The van der Waals surface area contributed by atoms with Crippen molar-refractivity contribution in [2.75, 3.05) is 11.1 Å². The number of ether oxygens (including phenoxy) is 1. The van der Waals surface area contributed by atoms with Crippen molar-refractivity contribution >= 4 is 23.4 Å². The minimum Gasteiger partial charge on any atom is -0.442 e. The van der Waals surface area contributed by atoms with Crippen molar-refractivity contribution in [2.45, 2.75) is 80.5 Å². The number of benzene rings is 1. The number of anilines is 3. The maximum absolute atomic E-state index is 12.5. The van der Waals surface area contributed by atoms with E-state index in [1.807, 2.05) is 52.8 Å². The van der Waals surface area contributed by atoms with Crippen molar-refractivity contribution in [2.24, 2.45) is 5.41 Å². The summed E-state index contributed by atoms with van der Waals surface area (Å²) in [6.45, 7) is 18.8. The molecule has 2 heterocycles. The number of nitrogen functional groups attached to an aromatic ring is 1. The van der Waals surface area contributed by atoms with Gasteiger partial charge in [-0.25, -0.2) is 9.78 Å². The molecule has 0 saturated heterocycles. The highest BCUT2D eigenvalue weighted by Gasteiger charge is 2.21. The van der Waals surface area contributed by atoms with Crippen LogP contribution in [0.25, 0.3) is 11.3 Å². The van der Waals surface area contributed by atoms with Crippen molar-refractivity contribution in [3.05, 3.63) is 53.2 Å². The van der Waals surface area contributed by atoms with Gasteiger partial charge in [0.2, 0.25) is 0 Å². The topological polar surface area (TPSA) is 107 Å². The van der Waals surface area contributed by atoms with E-state index in [1.54, 1.807) is 6.07 Å². The maximum atomic E-state index is 12.5. The molecule has 0 amide bonds. The molecule has 0 aliphatic rings. The lowest BCUT2D eigenvalue weighted by atomic mass is 9.88. The largest absolute Gasteiger partial charge is 0.442 e. The highest BCUT2D eigenvalue weighted by atomic mass is 16.6. The van der Waals surface area contributed by atoms with Crippen LogP contribution in [0, 0.1) is 19.3 Å². The Balaban J connectivity index is 1.95. The van der Waals surface area contributed by atoms with Gasteiger partial charge in [-0.05, 0) is 88.4 Å². The number of nitrogens with one attached hydrogen (secondary N) is 2. The van der Waals surface area contributed by atoms with Gasteiger partial charge in [-0.1, -0.05) is 20.8 Å². The number of carbonyl (C=O) groups is 1. The number of rotatable bonds is 6. The monoisotopic (exact) mass is 492 g/mol. The third kappa shape index (κ3) is 7.31. The van der Waals surface area contributed by atoms with Gasteiger partial charge in [-0.3, -0.25) is 0 Å². The van der Waals surface area contributed by atoms with Gasteiger partial charge in [0.15, 0.2) is 5.82 Å². The van der Waals surface area contributed by atoms with Crippen LogP contribution in [0.1, 0.15) is 65.3 Å². The molecule has 3 aromatic rings. The van der Waals surface area contributed by atoms with E-state index in [1.165, 1.54) is 4.68 Å². The number of aromatic nitrogens is 3. The molecule has 36 heavy (non-hydrogen) atoms. The zero-order valence-electron chi connectivity index (χ0n) is 23.0. The number of nitrogens with two attached hydrogens (primary N) is 1. The first kappa shape index (κ1) is 27.2. The average Bonchev–Trinajstić information content (AvgIpc) is 3.09. The molecule has 0 spiro atoms. The van der Waals surface area contributed by atoms with Crippen molar-refractivity contribution in [3.63, 3.8) is 0 Å². The Hall–Kier alpha value is -3.39. The standard InChI is InChI=1S/C28H40N6O2/c1-17-10-21(15-22(29)11-17)23-13-20(16-30-19(3)27(4,5)6)14-24(31-23)32-25-12-18(2)34(33-25)26(35)36-28(7,8)9/h10-15,19,30H,16,29H2,1-9H3,(H,31,32,33). The van der Waals surface area contributed by atoms with Crippen LogP contribution in [0.5, 0.6) is 0 Å². The first-order valence-corrected chi connectivity index (χ1v) is 12.3. The Morgan fingerprint density at radius 1 is 1.03 bits per heavy atom. The minimum absolute atomic E-state index is 0.133. The zero-order valence-corrected chi connectivity index (χ0v) is 23.0. The van der Waals surface area contributed by atoms with Gasteiger partial charge in [0.1, 0.15) is 11.4 Å². The van der Waals surface area contributed by atoms with Crippen LogP contribution < -0.4 is 16.4 Å². The van der Waals surface area contributed by atoms with Gasteiger partial charge in [-0.15, -0.1) is 5.10 Å². The fourth-order valence-electron chi connectivity index (χ4n) is 3.60. The number of nitrogens with zero attached hydrogens (tertiary/aromatic N) is 3. The van der Waals surface area contributed by atoms with Crippen LogP contribution in [0.3, 0.4) is 0 Å². The fourth-order valence-corrected chi connectivity index (χ4v) is 3.60. The van der Waals surface area contributed by atoms with Crippen LogP contribution in [-0.4, -0.2) is 32.5 Å². The van der Waals surface area contributed by atoms with E-state index in [4.69, 9.17) is 15.5 Å². The summed E-state index contributed by atoms with van der Waals surface area (Å²) in [5, 5.41) is 11.3. The van der Waals surface area contributed by atoms with E-state index >= 15 is 0 Å². The van der Waals surface area contributed by atoms with E-state index in [9.17, 15) is 4.79 Å². The summed E-state index contributed by atoms with van der Waals surface area (Å²) in [4.78, 5) is 17.4. The van der Waals surface area contributed by atoms with Gasteiger partial charge in [0, 0.05) is 35.6 Å². The summed E-state index contributed by atoms with van der Waals surface area (Å²) in [5.74, 6) is 1.13. The summed E-state index contributed by atoms with van der Waals surface area (Å²) in [6, 6.07) is 12.1. The highest BCUT2D eigenvalue weighted by Crippen LogP contribution is 2.27. The lowest BCUT2D eigenvalue weighted by molar-refractivity contribution is 0.0511. The maximum Gasteiger partial charge on any atom is 0.435 e. The smallest absolute Gasteiger partial charge is 0.435 e. The summed E-state index contributed by atoms with van der Waals surface area (Å²) in [5.41, 5.74) is 10.9. The number of hydrogen-bond donors (Lipinski definition) is 3. The SMILES string of the molecule is Cc1cc(N)cc(-c2cc(CNC(C)C(C)(C)C)cc(Nc3cc(C)n(C(=O)OC(C)(C)C)n3)n2)c1. The Labute approximate surface area is 214 Å². The van der Waals surface area contributed by atoms with E-state index in [0.29, 0.717) is 35.6 Å². The molecule has 3 rings (SSSR count). The van der Waals surface area contributed by atoms with Crippen molar-refractivity contribution < 1.29 is 9.53 Å². The molecule has 4 N–H and O–H groups in total. The Morgan fingerprint density at radius 2 is 1.72 bits per heavy atom. The lowest BCUT2D eigenvalue weighted by Crippen LogP contribution is -2.37. The van der Waals surface area contributed by atoms with Gasteiger partial charge in [-0.2, -0.15) is 4.68 Å². The molecular formula is C28H40N6O2. The number of hydrogen-bond acceptors (Lipinski definition) is 7. The summed E-state index contributed by atoms with van der Waals surface area (Å²) >= 11 is 0. The summed E-state index contributed by atoms with van der Waals surface area (Å²) in [7, 11) is 0. The molecular weight excluding hydrogens is 452 g/mol. The molecule has 0 aliphatic heterocycles. The number of carbonyl (C=O) groups excluding carboxylic acids is 1. The van der Waals surface area contributed by atoms with Gasteiger partial charge in [0.25, 0.3) is 0 Å². The van der Waals surface area contributed by atoms with Crippen LogP contribution in [0.2, 0.25) is 0 Å². The van der Waals surface area contributed by atoms with Crippen molar-refractivity contribution in [1.29, 1.82) is 0 Å². The predicted molar refractivity (Wildman–Crippen MR) is 146 cm³/mol. The molecule has 0 bridgehead atoms. The third-order valence-electron chi connectivity index (χ3n) is 5.90. The second-order valence-electron chi connectivity index (χ2n) is 11.5. The van der Waals surface area contributed by atoms with Gasteiger partial charge < -0.3 is 21.1 Å². The first-order chi connectivity index (χ1) is 16.6. The molecule has 0 fully saturated rings. The lowest BCUT2D eigenvalue weighted by Gasteiger charge is -2.28. The molecule has 8 heteroatoms. The molecule has 0 radical (unpaired) electrons. The number of pyridine rings is 1. The molecule has 8 nitrogen and oxygen atoms in total. The number of aryl methyl sites for hydroxylation is 2. The van der Waals surface area contributed by atoms with E-state index in [2.05, 4.69) is 55.6 Å². The second-order valence-corrected chi connectivity index (χ2v) is 11.5. The molecule has 194 valence electrons. The minimum atomic E-state index is -0.610. The van der Waals surface area contributed by atoms with Crippen LogP contribution in [0.15, 0.2) is 36.4 Å². The normalized spacial score (nSPS) is 12.9. The molecule has 1 aromatic carbocycles. The first-order valence-electron chi connectivity index (χ1n) is 12.3. The second kappa shape index (κ2) is 10.3.